The molecule has 0 spiro atoms. The van der Waals surface area contributed by atoms with E-state index in [4.69, 9.17) is 13.1 Å². The lowest BCUT2D eigenvalue weighted by molar-refractivity contribution is 1.29. The molecule has 354 valence electrons. The fourth-order valence-corrected chi connectivity index (χ4v) is 10.5. The summed E-state index contributed by atoms with van der Waals surface area (Å²) in [4.78, 5) is 12.1. The van der Waals surface area contributed by atoms with Gasteiger partial charge in [0.2, 0.25) is 0 Å². The highest BCUT2D eigenvalue weighted by atomic mass is 15.2. The Labute approximate surface area is 442 Å². The number of anilines is 6. The van der Waals surface area contributed by atoms with Gasteiger partial charge in [0, 0.05) is 33.5 Å². The molecule has 0 amide bonds. The summed E-state index contributed by atoms with van der Waals surface area (Å²) < 4.78 is 0. The molecule has 0 aliphatic heterocycles. The van der Waals surface area contributed by atoms with Crippen molar-refractivity contribution in [2.24, 2.45) is 0 Å². The normalized spacial score (nSPS) is 11.0. The van der Waals surface area contributed by atoms with E-state index in [2.05, 4.69) is 179 Å². The van der Waals surface area contributed by atoms with Gasteiger partial charge < -0.3 is 9.80 Å². The molecule has 0 saturated carbocycles. The van der Waals surface area contributed by atoms with Crippen LogP contribution in [0.1, 0.15) is 22.3 Å². The van der Waals surface area contributed by atoms with Crippen molar-refractivity contribution in [3.05, 3.63) is 276 Å². The van der Waals surface area contributed by atoms with E-state index in [1.54, 1.807) is 0 Å². The number of aryl methyl sites for hydroxylation is 2. The van der Waals surface area contributed by atoms with Crippen LogP contribution in [-0.2, 0) is 0 Å². The van der Waals surface area contributed by atoms with Crippen LogP contribution in [0.4, 0.5) is 45.5 Å². The molecule has 0 aliphatic carbocycles. The Bertz CT molecular complexity index is 3920. The summed E-state index contributed by atoms with van der Waals surface area (Å²) in [5.41, 5.74) is 18.5. The zero-order chi connectivity index (χ0) is 51.9. The fourth-order valence-electron chi connectivity index (χ4n) is 10.5. The second-order valence-electron chi connectivity index (χ2n) is 19.2. The van der Waals surface area contributed by atoms with E-state index in [1.165, 1.54) is 0 Å². The maximum Gasteiger partial charge on any atom is 0.187 e. The largest absolute Gasteiger partial charge is 0.310 e. The molecule has 0 unspecified atom stereocenters. The third-order valence-electron chi connectivity index (χ3n) is 14.4. The standard InChI is InChI=1S/C70H44N6/c1-45-5-29-61(30-6-45)75(63-39-55(49-13-9-47(43-71)10-14-49)37-57(41-63)51-17-25-59(73-3)26-18-51)67-35-23-53-22-34-66-68(36-24-54-21-33-65(67)69(53)70(54)66)76(62-31-7-46(2)8-32-62)64-40-56(50-15-11-48(44-72)12-16-50)38-58(42-64)52-19-27-60(74-4)28-20-52/h5-42H,1-2H3. The summed E-state index contributed by atoms with van der Waals surface area (Å²) in [5.74, 6) is 0. The first kappa shape index (κ1) is 46.3. The lowest BCUT2D eigenvalue weighted by atomic mass is 9.91. The van der Waals surface area contributed by atoms with Crippen LogP contribution in [0, 0.1) is 49.7 Å². The van der Waals surface area contributed by atoms with Gasteiger partial charge in [-0.2, -0.15) is 10.5 Å². The topological polar surface area (TPSA) is 62.8 Å². The van der Waals surface area contributed by atoms with E-state index in [9.17, 15) is 10.5 Å². The number of benzene rings is 12. The van der Waals surface area contributed by atoms with Crippen LogP contribution >= 0.6 is 0 Å². The third-order valence-corrected chi connectivity index (χ3v) is 14.4. The average Bonchev–Trinajstić information content (AvgIpc) is 3.48. The molecule has 0 radical (unpaired) electrons. The van der Waals surface area contributed by atoms with Crippen molar-refractivity contribution in [2.45, 2.75) is 13.8 Å². The SMILES string of the molecule is [C-]#[N+]c1ccc(-c2cc(-c3ccc(C#N)cc3)cc(N(c3ccc(C)cc3)c3ccc4ccc5c(N(c6ccc(C)cc6)c6cc(-c7ccc(C#N)cc7)cc(-c7ccc([N+]#[C-])cc7)c6)ccc6ccc3c4c65)c2)cc1. The Morgan fingerprint density at radius 1 is 0.329 bits per heavy atom. The lowest BCUT2D eigenvalue weighted by Crippen LogP contribution is -2.12. The number of rotatable bonds is 10. The van der Waals surface area contributed by atoms with Crippen molar-refractivity contribution >= 4 is 77.8 Å². The monoisotopic (exact) mass is 968 g/mol. The minimum absolute atomic E-state index is 0.581. The van der Waals surface area contributed by atoms with Gasteiger partial charge in [-0.1, -0.05) is 145 Å². The van der Waals surface area contributed by atoms with E-state index >= 15 is 0 Å². The van der Waals surface area contributed by atoms with Gasteiger partial charge in [0.15, 0.2) is 11.4 Å². The summed E-state index contributed by atoms with van der Waals surface area (Å²) in [6.45, 7) is 19.5. The van der Waals surface area contributed by atoms with Crippen molar-refractivity contribution < 1.29 is 0 Å². The Morgan fingerprint density at radius 2 is 0.645 bits per heavy atom. The zero-order valence-electron chi connectivity index (χ0n) is 41.6. The van der Waals surface area contributed by atoms with Crippen LogP contribution in [0.2, 0.25) is 0 Å². The van der Waals surface area contributed by atoms with Crippen LogP contribution in [0.25, 0.3) is 86.5 Å². The van der Waals surface area contributed by atoms with Gasteiger partial charge in [-0.25, -0.2) is 9.69 Å². The number of hydrogen-bond acceptors (Lipinski definition) is 4. The van der Waals surface area contributed by atoms with Crippen molar-refractivity contribution in [3.63, 3.8) is 0 Å². The number of hydrogen-bond donors (Lipinski definition) is 0. The molecule has 0 saturated heterocycles. The Hall–Kier alpha value is -10.8. The van der Waals surface area contributed by atoms with E-state index in [0.717, 1.165) is 122 Å². The van der Waals surface area contributed by atoms with E-state index < -0.39 is 0 Å². The van der Waals surface area contributed by atoms with Crippen LogP contribution < -0.4 is 9.80 Å². The second kappa shape index (κ2) is 19.3. The van der Waals surface area contributed by atoms with Gasteiger partial charge in [0.25, 0.3) is 0 Å². The first-order chi connectivity index (χ1) is 37.2. The molecule has 0 bridgehead atoms. The molecule has 0 aromatic heterocycles. The molecule has 12 aromatic carbocycles. The molecule has 12 rings (SSSR count). The van der Waals surface area contributed by atoms with Gasteiger partial charge in [0.1, 0.15) is 0 Å². The summed E-state index contributed by atoms with van der Waals surface area (Å²) in [7, 11) is 0. The van der Waals surface area contributed by atoms with E-state index in [1.807, 2.05) is 97.1 Å². The molecule has 0 aliphatic rings. The van der Waals surface area contributed by atoms with E-state index in [-0.39, 0.29) is 0 Å². The minimum atomic E-state index is 0.581. The number of nitriles is 2. The van der Waals surface area contributed by atoms with Crippen molar-refractivity contribution in [2.75, 3.05) is 9.80 Å². The van der Waals surface area contributed by atoms with Crippen molar-refractivity contribution in [1.82, 2.24) is 0 Å². The first-order valence-electron chi connectivity index (χ1n) is 25.0. The highest BCUT2D eigenvalue weighted by Crippen LogP contribution is 2.49. The summed E-state index contributed by atoms with van der Waals surface area (Å²) in [5, 5.41) is 26.1. The Balaban J connectivity index is 1.09. The molecule has 12 aromatic rings. The molecular weight excluding hydrogens is 925 g/mol. The molecule has 0 atom stereocenters. The van der Waals surface area contributed by atoms with Crippen LogP contribution in [0.5, 0.6) is 0 Å². The highest BCUT2D eigenvalue weighted by Gasteiger charge is 2.24. The second-order valence-corrected chi connectivity index (χ2v) is 19.2. The van der Waals surface area contributed by atoms with Gasteiger partial charge in [-0.05, 0) is 177 Å². The molecule has 6 heteroatoms. The third kappa shape index (κ3) is 8.55. The maximum absolute atomic E-state index is 9.70. The smallest absolute Gasteiger partial charge is 0.187 e. The predicted octanol–water partition coefficient (Wildman–Crippen LogP) is 19.7. The molecule has 6 nitrogen and oxygen atoms in total. The molecule has 0 heterocycles. The minimum Gasteiger partial charge on any atom is -0.310 e. The summed E-state index contributed by atoms with van der Waals surface area (Å²) in [6.07, 6.45) is 0. The highest BCUT2D eigenvalue weighted by molar-refractivity contribution is 6.28. The molecular formula is C70H44N6. The quantitative estimate of drug-likeness (QED) is 0.101. The van der Waals surface area contributed by atoms with Crippen molar-refractivity contribution in [1.29, 1.82) is 10.5 Å². The van der Waals surface area contributed by atoms with Gasteiger partial charge >= 0.3 is 0 Å². The lowest BCUT2D eigenvalue weighted by Gasteiger charge is -2.30. The maximum atomic E-state index is 9.70. The van der Waals surface area contributed by atoms with Crippen LogP contribution in [0.3, 0.4) is 0 Å². The van der Waals surface area contributed by atoms with Crippen LogP contribution in [-0.4, -0.2) is 0 Å². The fraction of sp³-hybridized carbons (Fsp3) is 0.0286. The predicted molar refractivity (Wildman–Crippen MR) is 313 cm³/mol. The van der Waals surface area contributed by atoms with Gasteiger partial charge in [-0.15, -0.1) is 0 Å². The average molecular weight is 969 g/mol. The molecule has 76 heavy (non-hydrogen) atoms. The Kier molecular flexibility index (Phi) is 11.8. The Morgan fingerprint density at radius 3 is 0.961 bits per heavy atom. The molecule has 0 N–H and O–H groups in total. The van der Waals surface area contributed by atoms with Gasteiger partial charge in [0.05, 0.1) is 47.8 Å². The van der Waals surface area contributed by atoms with Crippen LogP contribution in [0.15, 0.2) is 231 Å². The molecule has 0 fully saturated rings. The van der Waals surface area contributed by atoms with Gasteiger partial charge in [-0.3, -0.25) is 0 Å². The van der Waals surface area contributed by atoms with Crippen molar-refractivity contribution in [3.8, 4) is 56.6 Å². The summed E-state index contributed by atoms with van der Waals surface area (Å²) in [6, 6.07) is 84.1. The summed E-state index contributed by atoms with van der Waals surface area (Å²) >= 11 is 0. The zero-order valence-corrected chi connectivity index (χ0v) is 41.6. The number of nitrogens with zero attached hydrogens (tertiary/aromatic N) is 6. The first-order valence-corrected chi connectivity index (χ1v) is 25.0. The van der Waals surface area contributed by atoms with E-state index in [0.29, 0.717) is 22.5 Å².